The average molecular weight is 707 g/mol. The third-order valence-electron chi connectivity index (χ3n) is 11.0. The van der Waals surface area contributed by atoms with Crippen molar-refractivity contribution in [2.75, 3.05) is 0 Å². The van der Waals surface area contributed by atoms with Crippen LogP contribution in [0, 0.1) is 5.92 Å². The van der Waals surface area contributed by atoms with Crippen LogP contribution in [-0.4, -0.2) is 15.7 Å². The predicted molar refractivity (Wildman–Crippen MR) is 223 cm³/mol. The predicted octanol–water partition coefficient (Wildman–Crippen LogP) is 11.9. The minimum atomic E-state index is -0.229. The average Bonchev–Trinajstić information content (AvgIpc) is 3.71. The largest absolute Gasteiger partial charge is 0.465 e. The first-order chi connectivity index (χ1) is 27.2. The molecule has 0 amide bonds. The molecule has 1 N–H and O–H groups in total. The Kier molecular flexibility index (Phi) is 7.30. The summed E-state index contributed by atoms with van der Waals surface area (Å²) in [6, 6.07) is 59.5. The second-order valence-corrected chi connectivity index (χ2v) is 14.4. The van der Waals surface area contributed by atoms with Gasteiger partial charge in [0.2, 0.25) is 0 Å². The molecule has 1 aliphatic carbocycles. The van der Waals surface area contributed by atoms with Crippen molar-refractivity contribution in [1.82, 2.24) is 15.3 Å². The highest BCUT2D eigenvalue weighted by molar-refractivity contribution is 6.13. The van der Waals surface area contributed by atoms with Crippen molar-refractivity contribution in [3.8, 4) is 33.9 Å². The maximum absolute atomic E-state index is 6.48. The van der Waals surface area contributed by atoms with Gasteiger partial charge in [-0.2, -0.15) is 0 Å². The Morgan fingerprint density at radius 3 is 1.80 bits per heavy atom. The molecule has 2 unspecified atom stereocenters. The van der Waals surface area contributed by atoms with Crippen LogP contribution < -0.4 is 5.32 Å². The lowest BCUT2D eigenvalue weighted by atomic mass is 9.77. The minimum absolute atomic E-state index is 0.0807. The van der Waals surface area contributed by atoms with Crippen molar-refractivity contribution in [1.29, 1.82) is 0 Å². The fraction of sp³-hybridized carbons (Fsp3) is 0.0600. The number of hydrogen-bond donors (Lipinski definition) is 1. The SMILES string of the molecule is C1=C2OC(c3ccccc3)NC2=C2c3ccccc3N=C(c3ccc(-c4nc(-c5ccc6ccccc6c5)cc(-c5ccc6ccccc6c5)n4)cc3)C2C1. The van der Waals surface area contributed by atoms with Crippen LogP contribution in [-0.2, 0) is 4.74 Å². The number of aromatic nitrogens is 2. The molecular formula is C50H34N4O. The molecule has 11 rings (SSSR count). The molecule has 5 nitrogen and oxygen atoms in total. The smallest absolute Gasteiger partial charge is 0.196 e. The molecule has 0 radical (unpaired) electrons. The lowest BCUT2D eigenvalue weighted by Gasteiger charge is -2.31. The van der Waals surface area contributed by atoms with E-state index in [1.54, 1.807) is 0 Å². The Balaban J connectivity index is 0.992. The molecule has 7 aromatic carbocycles. The van der Waals surface area contributed by atoms with Crippen molar-refractivity contribution in [3.63, 3.8) is 0 Å². The summed E-state index contributed by atoms with van der Waals surface area (Å²) in [6.45, 7) is 0. The lowest BCUT2D eigenvalue weighted by molar-refractivity contribution is 0.147. The fourth-order valence-electron chi connectivity index (χ4n) is 8.28. The van der Waals surface area contributed by atoms with Crippen LogP contribution in [0.15, 0.2) is 192 Å². The summed E-state index contributed by atoms with van der Waals surface area (Å²) in [5, 5.41) is 8.50. The van der Waals surface area contributed by atoms with E-state index in [0.29, 0.717) is 5.82 Å². The second-order valence-electron chi connectivity index (χ2n) is 14.4. The van der Waals surface area contributed by atoms with Gasteiger partial charge < -0.3 is 10.1 Å². The van der Waals surface area contributed by atoms with Crippen molar-refractivity contribution >= 4 is 38.5 Å². The van der Waals surface area contributed by atoms with Crippen LogP contribution in [0.25, 0.3) is 61.0 Å². The molecule has 5 heteroatoms. The van der Waals surface area contributed by atoms with Crippen LogP contribution in [0.5, 0.6) is 0 Å². The number of aliphatic imine (C=N–C) groups is 1. The zero-order valence-corrected chi connectivity index (χ0v) is 29.9. The molecule has 3 aliphatic rings. The van der Waals surface area contributed by atoms with Crippen LogP contribution in [0.2, 0.25) is 0 Å². The normalized spacial score (nSPS) is 17.1. The molecular weight excluding hydrogens is 673 g/mol. The number of fused-ring (bicyclic) bond motifs is 6. The molecule has 1 fully saturated rings. The van der Waals surface area contributed by atoms with Crippen molar-refractivity contribution in [3.05, 3.63) is 204 Å². The highest BCUT2D eigenvalue weighted by atomic mass is 16.5. The molecule has 2 aliphatic heterocycles. The summed E-state index contributed by atoms with van der Waals surface area (Å²) in [5.41, 5.74) is 12.5. The highest BCUT2D eigenvalue weighted by Gasteiger charge is 2.39. The molecule has 260 valence electrons. The third-order valence-corrected chi connectivity index (χ3v) is 11.0. The highest BCUT2D eigenvalue weighted by Crippen LogP contribution is 2.48. The third kappa shape index (κ3) is 5.52. The molecule has 55 heavy (non-hydrogen) atoms. The lowest BCUT2D eigenvalue weighted by Crippen LogP contribution is -2.26. The summed E-state index contributed by atoms with van der Waals surface area (Å²) in [6.07, 6.45) is 2.79. The standard InChI is InChI=1S/C50H34N4O/c1-2-12-35(13-3-1)50-54-48-45(55-50)27-26-41-46(48)40-16-8-9-17-42(40)51-47(41)33-20-22-34(23-21-33)49-52-43(38-24-18-31-10-4-6-14-36(31)28-38)30-44(53-49)39-25-19-32-11-5-7-15-37(32)29-39/h1-25,27-30,41,50,54H,26H2. The first-order valence-electron chi connectivity index (χ1n) is 18.8. The number of ether oxygens (including phenoxy) is 1. The van der Waals surface area contributed by atoms with E-state index in [9.17, 15) is 0 Å². The fourth-order valence-corrected chi connectivity index (χ4v) is 8.28. The monoisotopic (exact) mass is 706 g/mol. The van der Waals surface area contributed by atoms with Gasteiger partial charge in [0.15, 0.2) is 12.1 Å². The minimum Gasteiger partial charge on any atom is -0.465 e. The van der Waals surface area contributed by atoms with Crippen LogP contribution in [0.3, 0.4) is 0 Å². The first-order valence-corrected chi connectivity index (χ1v) is 18.8. The molecule has 1 saturated heterocycles. The van der Waals surface area contributed by atoms with Crippen molar-refractivity contribution in [2.24, 2.45) is 10.9 Å². The van der Waals surface area contributed by atoms with Gasteiger partial charge in [-0.1, -0.05) is 146 Å². The van der Waals surface area contributed by atoms with Crippen LogP contribution in [0.4, 0.5) is 5.69 Å². The van der Waals surface area contributed by atoms with E-state index in [1.807, 2.05) is 6.07 Å². The van der Waals surface area contributed by atoms with E-state index in [2.05, 4.69) is 175 Å². The number of nitrogens with zero attached hydrogens (tertiary/aromatic N) is 3. The van der Waals surface area contributed by atoms with Gasteiger partial charge in [-0.3, -0.25) is 4.99 Å². The number of rotatable bonds is 5. The molecule has 0 bridgehead atoms. The van der Waals surface area contributed by atoms with Gasteiger partial charge in [0.1, 0.15) is 5.76 Å². The zero-order chi connectivity index (χ0) is 36.3. The van der Waals surface area contributed by atoms with Crippen molar-refractivity contribution < 1.29 is 4.74 Å². The summed E-state index contributed by atoms with van der Waals surface area (Å²) in [5.74, 6) is 1.68. The summed E-state index contributed by atoms with van der Waals surface area (Å²) >= 11 is 0. The van der Waals surface area contributed by atoms with Gasteiger partial charge >= 0.3 is 0 Å². The zero-order valence-electron chi connectivity index (χ0n) is 29.9. The summed E-state index contributed by atoms with van der Waals surface area (Å²) in [4.78, 5) is 15.7. The maximum Gasteiger partial charge on any atom is 0.196 e. The van der Waals surface area contributed by atoms with Gasteiger partial charge in [-0.05, 0) is 69.4 Å². The molecule has 2 atom stereocenters. The molecule has 3 heterocycles. The van der Waals surface area contributed by atoms with Gasteiger partial charge in [0, 0.05) is 33.7 Å². The molecule has 0 saturated carbocycles. The Morgan fingerprint density at radius 1 is 0.527 bits per heavy atom. The Hall–Kier alpha value is -7.11. The molecule has 0 spiro atoms. The topological polar surface area (TPSA) is 59.4 Å². The first kappa shape index (κ1) is 31.4. The van der Waals surface area contributed by atoms with Crippen molar-refractivity contribution in [2.45, 2.75) is 12.6 Å². The number of allylic oxidation sites excluding steroid dienone is 2. The quantitative estimate of drug-likeness (QED) is 0.194. The summed E-state index contributed by atoms with van der Waals surface area (Å²) in [7, 11) is 0. The van der Waals surface area contributed by atoms with Gasteiger partial charge in [-0.15, -0.1) is 0 Å². The molecule has 1 aromatic heterocycles. The van der Waals surface area contributed by atoms with Crippen LogP contribution in [0.1, 0.15) is 29.3 Å². The number of benzene rings is 7. The van der Waals surface area contributed by atoms with Gasteiger partial charge in [-0.25, -0.2) is 9.97 Å². The van der Waals surface area contributed by atoms with E-state index < -0.39 is 0 Å². The maximum atomic E-state index is 6.48. The second kappa shape index (κ2) is 12.8. The number of nitrogens with one attached hydrogen (secondary N) is 1. The van der Waals surface area contributed by atoms with E-state index in [1.165, 1.54) is 27.1 Å². The van der Waals surface area contributed by atoms with Gasteiger partial charge in [0.25, 0.3) is 0 Å². The van der Waals surface area contributed by atoms with Gasteiger partial charge in [0.05, 0.1) is 28.5 Å². The van der Waals surface area contributed by atoms with E-state index in [-0.39, 0.29) is 12.1 Å². The Labute approximate surface area is 319 Å². The van der Waals surface area contributed by atoms with E-state index in [0.717, 1.165) is 74.0 Å². The van der Waals surface area contributed by atoms with E-state index >= 15 is 0 Å². The number of para-hydroxylation sites is 1. The Bertz CT molecular complexity index is 2810. The van der Waals surface area contributed by atoms with E-state index in [4.69, 9.17) is 19.7 Å². The van der Waals surface area contributed by atoms with Crippen LogP contribution >= 0.6 is 0 Å². The molecule has 8 aromatic rings. The summed E-state index contributed by atoms with van der Waals surface area (Å²) < 4.78 is 6.48. The number of hydrogen-bond acceptors (Lipinski definition) is 5. The Morgan fingerprint density at radius 2 is 1.11 bits per heavy atom.